The molecule has 0 bridgehead atoms. The monoisotopic (exact) mass is 291 g/mol. The SMILES string of the molecule is COc1ccc(CCC(=O)NCC(F)(F)F)cc1OC. The molecule has 20 heavy (non-hydrogen) atoms. The minimum absolute atomic E-state index is 0.0223. The summed E-state index contributed by atoms with van der Waals surface area (Å²) in [6, 6.07) is 5.11. The second-order valence-corrected chi connectivity index (χ2v) is 4.08. The van der Waals surface area contributed by atoms with Gasteiger partial charge in [-0.3, -0.25) is 4.79 Å². The number of hydrogen-bond donors (Lipinski definition) is 1. The summed E-state index contributed by atoms with van der Waals surface area (Å²) in [6.07, 6.45) is -4.09. The minimum atomic E-state index is -4.39. The van der Waals surface area contributed by atoms with Crippen LogP contribution in [-0.4, -0.2) is 32.8 Å². The van der Waals surface area contributed by atoms with E-state index >= 15 is 0 Å². The zero-order valence-electron chi connectivity index (χ0n) is 11.2. The fourth-order valence-electron chi connectivity index (χ4n) is 1.58. The summed E-state index contributed by atoms with van der Waals surface area (Å²) in [5.74, 6) is 0.426. The number of halogens is 3. The number of alkyl halides is 3. The number of hydrogen-bond acceptors (Lipinski definition) is 3. The number of ether oxygens (including phenoxy) is 2. The van der Waals surface area contributed by atoms with E-state index in [9.17, 15) is 18.0 Å². The molecule has 0 saturated heterocycles. The number of carbonyl (C=O) groups is 1. The Morgan fingerprint density at radius 1 is 1.20 bits per heavy atom. The second kappa shape index (κ2) is 7.02. The number of nitrogens with one attached hydrogen (secondary N) is 1. The van der Waals surface area contributed by atoms with Crippen molar-refractivity contribution in [2.24, 2.45) is 0 Å². The first-order chi connectivity index (χ1) is 9.35. The average molecular weight is 291 g/mol. The molecular weight excluding hydrogens is 275 g/mol. The predicted molar refractivity (Wildman–Crippen MR) is 66.9 cm³/mol. The molecule has 0 fully saturated rings. The van der Waals surface area contributed by atoms with E-state index in [0.29, 0.717) is 17.9 Å². The molecule has 1 aromatic rings. The second-order valence-electron chi connectivity index (χ2n) is 4.08. The standard InChI is InChI=1S/C13H16F3NO3/c1-19-10-5-3-9(7-11(10)20-2)4-6-12(18)17-8-13(14,15)16/h3,5,7H,4,6,8H2,1-2H3,(H,17,18). The van der Waals surface area contributed by atoms with E-state index < -0.39 is 18.6 Å². The van der Waals surface area contributed by atoms with Gasteiger partial charge in [0, 0.05) is 6.42 Å². The Balaban J connectivity index is 2.51. The summed E-state index contributed by atoms with van der Waals surface area (Å²) in [5.41, 5.74) is 0.782. The molecule has 0 aromatic heterocycles. The van der Waals surface area contributed by atoms with Gasteiger partial charge in [0.1, 0.15) is 6.54 Å². The normalized spacial score (nSPS) is 11.1. The summed E-state index contributed by atoms with van der Waals surface area (Å²) in [5, 5.41) is 1.82. The van der Waals surface area contributed by atoms with Crippen molar-refractivity contribution in [3.63, 3.8) is 0 Å². The van der Waals surface area contributed by atoms with Crippen LogP contribution in [-0.2, 0) is 11.2 Å². The Hall–Kier alpha value is -1.92. The van der Waals surface area contributed by atoms with E-state index in [0.717, 1.165) is 5.56 Å². The molecule has 0 atom stereocenters. The van der Waals surface area contributed by atoms with Crippen molar-refractivity contribution >= 4 is 5.91 Å². The number of methoxy groups -OCH3 is 2. The van der Waals surface area contributed by atoms with Gasteiger partial charge >= 0.3 is 6.18 Å². The molecule has 1 amide bonds. The number of amides is 1. The molecule has 0 heterocycles. The highest BCUT2D eigenvalue weighted by atomic mass is 19.4. The lowest BCUT2D eigenvalue weighted by molar-refractivity contribution is -0.138. The lowest BCUT2D eigenvalue weighted by Gasteiger charge is -2.10. The van der Waals surface area contributed by atoms with Crippen LogP contribution in [0, 0.1) is 0 Å². The van der Waals surface area contributed by atoms with Crippen LogP contribution in [0.3, 0.4) is 0 Å². The summed E-state index contributed by atoms with van der Waals surface area (Å²) in [6.45, 7) is -1.31. The van der Waals surface area contributed by atoms with Crippen LogP contribution in [0.2, 0.25) is 0 Å². The first-order valence-electron chi connectivity index (χ1n) is 5.90. The maximum atomic E-state index is 11.9. The van der Waals surface area contributed by atoms with Gasteiger partial charge in [-0.15, -0.1) is 0 Å². The Morgan fingerprint density at radius 3 is 2.40 bits per heavy atom. The first kappa shape index (κ1) is 16.1. The molecule has 0 radical (unpaired) electrons. The predicted octanol–water partition coefficient (Wildman–Crippen LogP) is 2.31. The molecule has 4 nitrogen and oxygen atoms in total. The van der Waals surface area contributed by atoms with Crippen molar-refractivity contribution in [2.75, 3.05) is 20.8 Å². The summed E-state index contributed by atoms with van der Waals surface area (Å²) < 4.78 is 45.9. The average Bonchev–Trinajstić information content (AvgIpc) is 2.41. The highest BCUT2D eigenvalue weighted by molar-refractivity contribution is 5.76. The summed E-state index contributed by atoms with van der Waals surface area (Å²) >= 11 is 0. The van der Waals surface area contributed by atoms with Crippen LogP contribution in [0.25, 0.3) is 0 Å². The number of aryl methyl sites for hydroxylation is 1. The molecule has 7 heteroatoms. The zero-order chi connectivity index (χ0) is 15.2. The van der Waals surface area contributed by atoms with Gasteiger partial charge in [0.2, 0.25) is 5.91 Å². The summed E-state index contributed by atoms with van der Waals surface area (Å²) in [7, 11) is 2.99. The van der Waals surface area contributed by atoms with Gasteiger partial charge in [-0.1, -0.05) is 6.07 Å². The van der Waals surface area contributed by atoms with Crippen molar-refractivity contribution in [1.29, 1.82) is 0 Å². The van der Waals surface area contributed by atoms with Crippen LogP contribution < -0.4 is 14.8 Å². The first-order valence-corrected chi connectivity index (χ1v) is 5.90. The van der Waals surface area contributed by atoms with Crippen LogP contribution in [0.4, 0.5) is 13.2 Å². The van der Waals surface area contributed by atoms with Crippen LogP contribution in [0.15, 0.2) is 18.2 Å². The topological polar surface area (TPSA) is 47.6 Å². The molecule has 0 spiro atoms. The molecular formula is C13H16F3NO3. The molecule has 1 aromatic carbocycles. The van der Waals surface area contributed by atoms with Crippen molar-refractivity contribution in [3.8, 4) is 11.5 Å². The third kappa shape index (κ3) is 5.38. The van der Waals surface area contributed by atoms with Gasteiger partial charge in [0.05, 0.1) is 14.2 Å². The molecule has 1 N–H and O–H groups in total. The van der Waals surface area contributed by atoms with Gasteiger partial charge in [0.15, 0.2) is 11.5 Å². The van der Waals surface area contributed by atoms with E-state index in [1.807, 2.05) is 5.32 Å². The molecule has 0 aliphatic carbocycles. The fourth-order valence-corrected chi connectivity index (χ4v) is 1.58. The van der Waals surface area contributed by atoms with E-state index in [-0.39, 0.29) is 6.42 Å². The van der Waals surface area contributed by atoms with Crippen molar-refractivity contribution in [1.82, 2.24) is 5.32 Å². The van der Waals surface area contributed by atoms with Gasteiger partial charge in [0.25, 0.3) is 0 Å². The molecule has 0 aliphatic heterocycles. The van der Waals surface area contributed by atoms with E-state index in [2.05, 4.69) is 0 Å². The van der Waals surface area contributed by atoms with Crippen LogP contribution in [0.1, 0.15) is 12.0 Å². The lowest BCUT2D eigenvalue weighted by Crippen LogP contribution is -2.33. The Bertz CT molecular complexity index is 461. The molecule has 0 unspecified atom stereocenters. The largest absolute Gasteiger partial charge is 0.493 e. The highest BCUT2D eigenvalue weighted by Crippen LogP contribution is 2.27. The molecule has 1 rings (SSSR count). The van der Waals surface area contributed by atoms with E-state index in [4.69, 9.17) is 9.47 Å². The quantitative estimate of drug-likeness (QED) is 0.875. The maximum absolute atomic E-state index is 11.9. The van der Waals surface area contributed by atoms with Crippen LogP contribution in [0.5, 0.6) is 11.5 Å². The van der Waals surface area contributed by atoms with Crippen LogP contribution >= 0.6 is 0 Å². The Labute approximate surface area is 114 Å². The summed E-state index contributed by atoms with van der Waals surface area (Å²) in [4.78, 5) is 11.3. The third-order valence-electron chi connectivity index (χ3n) is 2.57. The van der Waals surface area contributed by atoms with Gasteiger partial charge in [-0.25, -0.2) is 0 Å². The number of carbonyl (C=O) groups excluding carboxylic acids is 1. The van der Waals surface area contributed by atoms with Crippen molar-refractivity contribution < 1.29 is 27.4 Å². The van der Waals surface area contributed by atoms with Gasteiger partial charge in [-0.05, 0) is 24.1 Å². The third-order valence-corrected chi connectivity index (χ3v) is 2.57. The molecule has 0 saturated carbocycles. The van der Waals surface area contributed by atoms with Gasteiger partial charge < -0.3 is 14.8 Å². The number of benzene rings is 1. The van der Waals surface area contributed by atoms with Crippen molar-refractivity contribution in [2.45, 2.75) is 19.0 Å². The highest BCUT2D eigenvalue weighted by Gasteiger charge is 2.27. The number of rotatable bonds is 6. The minimum Gasteiger partial charge on any atom is -0.493 e. The Kier molecular flexibility index (Phi) is 5.66. The Morgan fingerprint density at radius 2 is 1.85 bits per heavy atom. The smallest absolute Gasteiger partial charge is 0.405 e. The van der Waals surface area contributed by atoms with Gasteiger partial charge in [-0.2, -0.15) is 13.2 Å². The van der Waals surface area contributed by atoms with E-state index in [1.54, 1.807) is 18.2 Å². The lowest BCUT2D eigenvalue weighted by atomic mass is 10.1. The molecule has 112 valence electrons. The zero-order valence-corrected chi connectivity index (χ0v) is 11.2. The van der Waals surface area contributed by atoms with Crippen molar-refractivity contribution in [3.05, 3.63) is 23.8 Å². The fraction of sp³-hybridized carbons (Fsp3) is 0.462. The maximum Gasteiger partial charge on any atom is 0.405 e. The molecule has 0 aliphatic rings. The van der Waals surface area contributed by atoms with E-state index in [1.165, 1.54) is 14.2 Å².